The second-order valence-electron chi connectivity index (χ2n) is 2.05. The molecule has 0 fully saturated rings. The van der Waals surface area contributed by atoms with Crippen molar-refractivity contribution in [1.82, 2.24) is 9.55 Å². The smallest absolute Gasteiger partial charge is 0.141 e. The van der Waals surface area contributed by atoms with Crippen LogP contribution >= 0.6 is 12.4 Å². The lowest BCUT2D eigenvalue weighted by molar-refractivity contribution is 0.188. The van der Waals surface area contributed by atoms with E-state index in [2.05, 4.69) is 11.6 Å². The van der Waals surface area contributed by atoms with Gasteiger partial charge in [0, 0.05) is 18.6 Å². The zero-order chi connectivity index (χ0) is 7.56. The fourth-order valence-corrected chi connectivity index (χ4v) is 0.803. The Hall–Kier alpha value is -0.800. The van der Waals surface area contributed by atoms with Crippen LogP contribution in [0.2, 0.25) is 0 Å². The predicted molar refractivity (Wildman–Crippen MR) is 46.5 cm³/mol. The molecule has 1 unspecified atom stereocenters. The summed E-state index contributed by atoms with van der Waals surface area (Å²) in [4.78, 5) is 3.93. The maximum absolute atomic E-state index is 9.09. The van der Waals surface area contributed by atoms with E-state index in [9.17, 15) is 0 Å². The molecule has 1 aromatic heterocycles. The summed E-state index contributed by atoms with van der Waals surface area (Å²) in [5.41, 5.74) is 0. The lowest BCUT2D eigenvalue weighted by atomic mass is 10.4. The van der Waals surface area contributed by atoms with E-state index in [4.69, 9.17) is 5.11 Å². The number of nitrogens with zero attached hydrogens (tertiary/aromatic N) is 2. The minimum absolute atomic E-state index is 0. The Labute approximate surface area is 71.8 Å². The standard InChI is InChI=1S/C7H10N2O.ClH/c1-3-9-5-4-8-7(9)6(2)10;/h3-6,10H,1H2,2H3;1H. The molecule has 0 aliphatic rings. The molecule has 1 heterocycles. The van der Waals surface area contributed by atoms with Gasteiger partial charge in [0.2, 0.25) is 0 Å². The van der Waals surface area contributed by atoms with Gasteiger partial charge >= 0.3 is 0 Å². The van der Waals surface area contributed by atoms with Crippen LogP contribution < -0.4 is 0 Å². The minimum Gasteiger partial charge on any atom is -0.385 e. The van der Waals surface area contributed by atoms with E-state index in [1.807, 2.05) is 0 Å². The zero-order valence-electron chi connectivity index (χ0n) is 6.27. The first-order chi connectivity index (χ1) is 4.75. The van der Waals surface area contributed by atoms with Gasteiger partial charge in [-0.15, -0.1) is 12.4 Å². The van der Waals surface area contributed by atoms with Crippen molar-refractivity contribution in [1.29, 1.82) is 0 Å². The molecule has 1 atom stereocenters. The molecule has 0 aliphatic carbocycles. The summed E-state index contributed by atoms with van der Waals surface area (Å²) < 4.78 is 1.69. The zero-order valence-corrected chi connectivity index (χ0v) is 7.08. The third kappa shape index (κ3) is 2.06. The number of hydrogen-bond acceptors (Lipinski definition) is 2. The second kappa shape index (κ2) is 4.16. The van der Waals surface area contributed by atoms with Crippen LogP contribution in [0.15, 0.2) is 19.0 Å². The van der Waals surface area contributed by atoms with E-state index in [-0.39, 0.29) is 12.4 Å². The number of aliphatic hydroxyl groups excluding tert-OH is 1. The Kier molecular flexibility index (Phi) is 3.85. The number of aliphatic hydroxyl groups is 1. The molecule has 1 aromatic rings. The fraction of sp³-hybridized carbons (Fsp3) is 0.286. The highest BCUT2D eigenvalue weighted by Gasteiger charge is 2.04. The van der Waals surface area contributed by atoms with Crippen molar-refractivity contribution in [2.75, 3.05) is 0 Å². The number of rotatable bonds is 2. The maximum Gasteiger partial charge on any atom is 0.141 e. The van der Waals surface area contributed by atoms with Crippen LogP contribution in [-0.4, -0.2) is 14.7 Å². The first-order valence-electron chi connectivity index (χ1n) is 3.09. The van der Waals surface area contributed by atoms with Crippen molar-refractivity contribution < 1.29 is 5.11 Å². The van der Waals surface area contributed by atoms with E-state index in [0.29, 0.717) is 5.82 Å². The first kappa shape index (κ1) is 10.2. The van der Waals surface area contributed by atoms with E-state index in [0.717, 1.165) is 0 Å². The average molecular weight is 175 g/mol. The average Bonchev–Trinajstić information content (AvgIpc) is 2.33. The quantitative estimate of drug-likeness (QED) is 0.737. The lowest BCUT2D eigenvalue weighted by Gasteiger charge is -2.02. The molecule has 0 aliphatic heterocycles. The molecule has 4 heteroatoms. The van der Waals surface area contributed by atoms with Crippen LogP contribution in [0, 0.1) is 0 Å². The van der Waals surface area contributed by atoms with Crippen molar-refractivity contribution in [2.24, 2.45) is 0 Å². The Morgan fingerprint density at radius 3 is 2.82 bits per heavy atom. The van der Waals surface area contributed by atoms with Gasteiger partial charge in [0.1, 0.15) is 11.9 Å². The summed E-state index contributed by atoms with van der Waals surface area (Å²) in [6, 6.07) is 0. The van der Waals surface area contributed by atoms with Crippen LogP contribution in [0.1, 0.15) is 18.9 Å². The molecule has 0 saturated carbocycles. The fourth-order valence-electron chi connectivity index (χ4n) is 0.803. The summed E-state index contributed by atoms with van der Waals surface area (Å²) in [6.07, 6.45) is 4.45. The molecule has 3 nitrogen and oxygen atoms in total. The van der Waals surface area contributed by atoms with Crippen molar-refractivity contribution in [3.8, 4) is 0 Å². The van der Waals surface area contributed by atoms with Crippen LogP contribution in [0.3, 0.4) is 0 Å². The Morgan fingerprint density at radius 2 is 2.45 bits per heavy atom. The van der Waals surface area contributed by atoms with E-state index in [1.54, 1.807) is 30.1 Å². The van der Waals surface area contributed by atoms with Gasteiger partial charge in [-0.05, 0) is 6.92 Å². The van der Waals surface area contributed by atoms with Gasteiger partial charge in [-0.1, -0.05) is 6.58 Å². The van der Waals surface area contributed by atoms with Crippen LogP contribution in [0.25, 0.3) is 6.20 Å². The largest absolute Gasteiger partial charge is 0.385 e. The first-order valence-corrected chi connectivity index (χ1v) is 3.09. The lowest BCUT2D eigenvalue weighted by Crippen LogP contribution is -1.99. The molecule has 0 amide bonds. The number of imidazole rings is 1. The molecule has 0 aromatic carbocycles. The van der Waals surface area contributed by atoms with Gasteiger partial charge in [-0.2, -0.15) is 0 Å². The van der Waals surface area contributed by atoms with Gasteiger partial charge in [0.25, 0.3) is 0 Å². The number of halogens is 1. The highest BCUT2D eigenvalue weighted by Crippen LogP contribution is 2.08. The maximum atomic E-state index is 9.09. The third-order valence-electron chi connectivity index (χ3n) is 1.27. The van der Waals surface area contributed by atoms with Crippen molar-refractivity contribution in [3.63, 3.8) is 0 Å². The molecule has 11 heavy (non-hydrogen) atoms. The molecule has 62 valence electrons. The molecular weight excluding hydrogens is 164 g/mol. The molecule has 0 spiro atoms. The Balaban J connectivity index is 0.000001000. The second-order valence-corrected chi connectivity index (χ2v) is 2.05. The minimum atomic E-state index is -0.534. The summed E-state index contributed by atoms with van der Waals surface area (Å²) in [5, 5.41) is 9.09. The number of aromatic nitrogens is 2. The molecule has 0 bridgehead atoms. The molecule has 0 radical (unpaired) electrons. The Morgan fingerprint density at radius 1 is 1.82 bits per heavy atom. The third-order valence-corrected chi connectivity index (χ3v) is 1.27. The SMILES string of the molecule is C=Cn1ccnc1C(C)O.Cl. The highest BCUT2D eigenvalue weighted by atomic mass is 35.5. The van der Waals surface area contributed by atoms with Crippen molar-refractivity contribution in [2.45, 2.75) is 13.0 Å². The van der Waals surface area contributed by atoms with Gasteiger partial charge in [0.15, 0.2) is 0 Å². The molecule has 1 rings (SSSR count). The molecule has 0 saturated heterocycles. The highest BCUT2D eigenvalue weighted by molar-refractivity contribution is 5.85. The van der Waals surface area contributed by atoms with Crippen molar-refractivity contribution in [3.05, 3.63) is 24.8 Å². The molecular formula is C7H11ClN2O. The van der Waals surface area contributed by atoms with E-state index >= 15 is 0 Å². The van der Waals surface area contributed by atoms with Gasteiger partial charge in [0.05, 0.1) is 0 Å². The molecule has 1 N–H and O–H groups in total. The summed E-state index contributed by atoms with van der Waals surface area (Å²) >= 11 is 0. The summed E-state index contributed by atoms with van der Waals surface area (Å²) in [7, 11) is 0. The van der Waals surface area contributed by atoms with E-state index in [1.165, 1.54) is 0 Å². The van der Waals surface area contributed by atoms with Gasteiger partial charge < -0.3 is 9.67 Å². The monoisotopic (exact) mass is 174 g/mol. The summed E-state index contributed by atoms with van der Waals surface area (Å²) in [6.45, 7) is 5.23. The van der Waals surface area contributed by atoms with E-state index < -0.39 is 6.10 Å². The van der Waals surface area contributed by atoms with Crippen LogP contribution in [0.4, 0.5) is 0 Å². The Bertz CT molecular complexity index is 232. The summed E-state index contributed by atoms with van der Waals surface area (Å²) in [5.74, 6) is 0.620. The van der Waals surface area contributed by atoms with Crippen LogP contribution in [0.5, 0.6) is 0 Å². The number of hydrogen-bond donors (Lipinski definition) is 1. The van der Waals surface area contributed by atoms with Gasteiger partial charge in [-0.3, -0.25) is 0 Å². The van der Waals surface area contributed by atoms with Crippen LogP contribution in [-0.2, 0) is 0 Å². The van der Waals surface area contributed by atoms with Gasteiger partial charge in [-0.25, -0.2) is 4.98 Å². The topological polar surface area (TPSA) is 38.0 Å². The van der Waals surface area contributed by atoms with Crippen molar-refractivity contribution >= 4 is 18.6 Å². The normalized spacial score (nSPS) is 11.8. The predicted octanol–water partition coefficient (Wildman–Crippen LogP) is 1.46.